The van der Waals surface area contributed by atoms with E-state index >= 15 is 0 Å². The van der Waals surface area contributed by atoms with Gasteiger partial charge in [-0.05, 0) is 11.6 Å². The minimum Gasteiger partial charge on any atom is -0.288 e. The van der Waals surface area contributed by atoms with Crippen LogP contribution in [0, 0.1) is 0 Å². The lowest BCUT2D eigenvalue weighted by Gasteiger charge is -2.29. The number of amides is 1. The minimum atomic E-state index is -4.51. The molecule has 1 aliphatic heterocycles. The van der Waals surface area contributed by atoms with Crippen LogP contribution in [0.5, 0.6) is 0 Å². The summed E-state index contributed by atoms with van der Waals surface area (Å²) in [5.74, 6) is -0.420. The van der Waals surface area contributed by atoms with Crippen LogP contribution in [-0.4, -0.2) is 23.6 Å². The molecular weight excluding hydrogens is 269 g/mol. The van der Waals surface area contributed by atoms with Crippen LogP contribution in [0.1, 0.15) is 18.0 Å². The molecule has 0 unspecified atom stereocenters. The fourth-order valence-electron chi connectivity index (χ4n) is 1.91. The summed E-state index contributed by atoms with van der Waals surface area (Å²) < 4.78 is 39.3. The van der Waals surface area contributed by atoms with Gasteiger partial charge in [-0.2, -0.15) is 13.2 Å². The molecule has 0 aliphatic carbocycles. The molecule has 1 aromatic carbocycles. The molecule has 1 aromatic rings. The first kappa shape index (κ1) is 13.2. The third kappa shape index (κ3) is 2.59. The number of halogens is 4. The highest BCUT2D eigenvalue weighted by atomic mass is 35.5. The van der Waals surface area contributed by atoms with Crippen molar-refractivity contribution >= 4 is 17.5 Å². The monoisotopic (exact) mass is 278 g/mol. The Bertz CT molecular complexity index is 464. The first-order valence-corrected chi connectivity index (χ1v) is 5.64. The van der Waals surface area contributed by atoms with Gasteiger partial charge in [0, 0.05) is 18.0 Å². The highest BCUT2D eigenvalue weighted by Gasteiger charge is 2.47. The van der Waals surface area contributed by atoms with Crippen LogP contribution >= 0.6 is 11.6 Å². The highest BCUT2D eigenvalue weighted by molar-refractivity contribution is 6.31. The van der Waals surface area contributed by atoms with Crippen molar-refractivity contribution in [1.82, 2.24) is 10.4 Å². The molecule has 0 spiro atoms. The average molecular weight is 279 g/mol. The zero-order chi connectivity index (χ0) is 13.3. The lowest BCUT2D eigenvalue weighted by molar-refractivity contribution is -0.191. The van der Waals surface area contributed by atoms with Gasteiger partial charge in [0.2, 0.25) is 5.91 Å². The SMILES string of the molecule is O=C1CCN([C@@H](c2ccccc2Cl)C(F)(F)F)N1. The molecule has 1 aliphatic rings. The molecule has 1 heterocycles. The van der Waals surface area contributed by atoms with E-state index in [4.69, 9.17) is 11.6 Å². The van der Waals surface area contributed by atoms with Crippen LogP contribution in [0.4, 0.5) is 13.2 Å². The number of carbonyl (C=O) groups is 1. The van der Waals surface area contributed by atoms with E-state index in [0.717, 1.165) is 5.01 Å². The second-order valence-electron chi connectivity index (χ2n) is 3.94. The second-order valence-corrected chi connectivity index (χ2v) is 4.35. The molecule has 2 rings (SSSR count). The maximum atomic E-state index is 13.1. The van der Waals surface area contributed by atoms with Gasteiger partial charge in [0.05, 0.1) is 0 Å². The van der Waals surface area contributed by atoms with Crippen molar-refractivity contribution in [1.29, 1.82) is 0 Å². The Morgan fingerprint density at radius 1 is 1.33 bits per heavy atom. The molecule has 1 amide bonds. The van der Waals surface area contributed by atoms with E-state index in [1.165, 1.54) is 18.2 Å². The molecule has 0 radical (unpaired) electrons. The average Bonchev–Trinajstić information content (AvgIpc) is 2.66. The molecule has 18 heavy (non-hydrogen) atoms. The maximum absolute atomic E-state index is 13.1. The summed E-state index contributed by atoms with van der Waals surface area (Å²) in [5.41, 5.74) is 2.14. The Hall–Kier alpha value is -1.27. The zero-order valence-electron chi connectivity index (χ0n) is 9.17. The third-order valence-corrected chi connectivity index (χ3v) is 3.01. The number of rotatable bonds is 2. The van der Waals surface area contributed by atoms with Crippen molar-refractivity contribution in [2.45, 2.75) is 18.6 Å². The van der Waals surface area contributed by atoms with Crippen LogP contribution in [-0.2, 0) is 4.79 Å². The molecular formula is C11H10ClF3N2O. The summed E-state index contributed by atoms with van der Waals surface area (Å²) in [6.07, 6.45) is -4.46. The molecule has 3 nitrogen and oxygen atoms in total. The molecule has 1 N–H and O–H groups in total. The number of hydrogen-bond donors (Lipinski definition) is 1. The Balaban J connectivity index is 2.38. The Kier molecular flexibility index (Phi) is 3.49. The van der Waals surface area contributed by atoms with Crippen molar-refractivity contribution in [3.63, 3.8) is 0 Å². The van der Waals surface area contributed by atoms with Gasteiger partial charge in [0.15, 0.2) is 6.04 Å². The molecule has 0 bridgehead atoms. The summed E-state index contributed by atoms with van der Waals surface area (Å²) >= 11 is 5.80. The standard InChI is InChI=1S/C11H10ClF3N2O/c12-8-4-2-1-3-7(8)10(11(13,14)15)17-6-5-9(18)16-17/h1-4,10H,5-6H2,(H,16,18)/t10-/m0/s1. The predicted molar refractivity (Wildman–Crippen MR) is 59.7 cm³/mol. The molecule has 1 fully saturated rings. The van der Waals surface area contributed by atoms with Crippen LogP contribution in [0.2, 0.25) is 5.02 Å². The van der Waals surface area contributed by atoms with E-state index in [1.807, 2.05) is 0 Å². The molecule has 1 saturated heterocycles. The number of nitrogens with one attached hydrogen (secondary N) is 1. The van der Waals surface area contributed by atoms with E-state index in [0.29, 0.717) is 0 Å². The van der Waals surface area contributed by atoms with E-state index in [2.05, 4.69) is 5.43 Å². The van der Waals surface area contributed by atoms with Crippen LogP contribution < -0.4 is 5.43 Å². The molecule has 0 saturated carbocycles. The highest BCUT2D eigenvalue weighted by Crippen LogP contribution is 2.40. The van der Waals surface area contributed by atoms with Gasteiger partial charge < -0.3 is 0 Å². The topological polar surface area (TPSA) is 32.3 Å². The number of nitrogens with zero attached hydrogens (tertiary/aromatic N) is 1. The Labute approximate surface area is 106 Å². The Morgan fingerprint density at radius 2 is 2.00 bits per heavy atom. The predicted octanol–water partition coefficient (Wildman–Crippen LogP) is 2.68. The van der Waals surface area contributed by atoms with Crippen LogP contribution in [0.15, 0.2) is 24.3 Å². The van der Waals surface area contributed by atoms with Gasteiger partial charge in [0.25, 0.3) is 0 Å². The van der Waals surface area contributed by atoms with Crippen LogP contribution in [0.25, 0.3) is 0 Å². The molecule has 7 heteroatoms. The lowest BCUT2D eigenvalue weighted by Crippen LogP contribution is -2.43. The summed E-state index contributed by atoms with van der Waals surface area (Å²) in [7, 11) is 0. The van der Waals surface area contributed by atoms with Crippen LogP contribution in [0.3, 0.4) is 0 Å². The lowest BCUT2D eigenvalue weighted by atomic mass is 10.1. The number of benzene rings is 1. The van der Waals surface area contributed by atoms with Gasteiger partial charge in [0.1, 0.15) is 0 Å². The first-order valence-electron chi connectivity index (χ1n) is 5.27. The van der Waals surface area contributed by atoms with Gasteiger partial charge in [-0.1, -0.05) is 29.8 Å². The molecule has 0 aromatic heterocycles. The van der Waals surface area contributed by atoms with Crippen molar-refractivity contribution < 1.29 is 18.0 Å². The van der Waals surface area contributed by atoms with Crippen molar-refractivity contribution in [3.8, 4) is 0 Å². The normalized spacial score (nSPS) is 18.8. The smallest absolute Gasteiger partial charge is 0.288 e. The second kappa shape index (κ2) is 4.78. The number of hydrogen-bond acceptors (Lipinski definition) is 2. The number of hydrazine groups is 1. The van der Waals surface area contributed by atoms with E-state index in [1.54, 1.807) is 6.07 Å². The fourth-order valence-corrected chi connectivity index (χ4v) is 2.14. The summed E-state index contributed by atoms with van der Waals surface area (Å²) in [5, 5.41) is 0.907. The molecule has 1 atom stereocenters. The van der Waals surface area contributed by atoms with Crippen molar-refractivity contribution in [2.75, 3.05) is 6.54 Å². The zero-order valence-corrected chi connectivity index (χ0v) is 9.92. The quantitative estimate of drug-likeness (QED) is 0.902. The minimum absolute atomic E-state index is 0.00817. The summed E-state index contributed by atoms with van der Waals surface area (Å²) in [4.78, 5) is 11.0. The van der Waals surface area contributed by atoms with Gasteiger partial charge >= 0.3 is 6.18 Å². The molecule has 98 valence electrons. The fraction of sp³-hybridized carbons (Fsp3) is 0.364. The maximum Gasteiger partial charge on any atom is 0.409 e. The van der Waals surface area contributed by atoms with Crippen molar-refractivity contribution in [2.24, 2.45) is 0 Å². The van der Waals surface area contributed by atoms with Crippen molar-refractivity contribution in [3.05, 3.63) is 34.9 Å². The largest absolute Gasteiger partial charge is 0.409 e. The number of alkyl halides is 3. The van der Waals surface area contributed by atoms with E-state index in [9.17, 15) is 18.0 Å². The number of carbonyl (C=O) groups excluding carboxylic acids is 1. The Morgan fingerprint density at radius 3 is 2.50 bits per heavy atom. The van der Waals surface area contributed by atoms with Gasteiger partial charge in [-0.15, -0.1) is 0 Å². The van der Waals surface area contributed by atoms with Gasteiger partial charge in [-0.3, -0.25) is 10.2 Å². The van der Waals surface area contributed by atoms with E-state index < -0.39 is 18.1 Å². The third-order valence-electron chi connectivity index (χ3n) is 2.67. The summed E-state index contributed by atoms with van der Waals surface area (Å²) in [6.45, 7) is 0.00817. The van der Waals surface area contributed by atoms with Gasteiger partial charge in [-0.25, -0.2) is 5.01 Å². The summed E-state index contributed by atoms with van der Waals surface area (Å²) in [6, 6.07) is 3.83. The first-order chi connectivity index (χ1) is 8.39. The van der Waals surface area contributed by atoms with E-state index in [-0.39, 0.29) is 23.6 Å².